The number of benzene rings is 3. The smallest absolute Gasteiger partial charge is 0.255 e. The zero-order chi connectivity index (χ0) is 22.0. The minimum absolute atomic E-state index is 0.0564. The van der Waals surface area contributed by atoms with Gasteiger partial charge in [0.25, 0.3) is 5.91 Å². The summed E-state index contributed by atoms with van der Waals surface area (Å²) >= 11 is 7.84. The van der Waals surface area contributed by atoms with Crippen molar-refractivity contribution in [2.24, 2.45) is 0 Å². The predicted molar refractivity (Wildman–Crippen MR) is 125 cm³/mol. The van der Waals surface area contributed by atoms with Crippen LogP contribution in [0.15, 0.2) is 76.5 Å². The van der Waals surface area contributed by atoms with E-state index >= 15 is 0 Å². The van der Waals surface area contributed by atoms with Crippen LogP contribution in [-0.2, 0) is 23.0 Å². The number of hydrogen-bond acceptors (Lipinski definition) is 4. The van der Waals surface area contributed by atoms with Gasteiger partial charge in [0, 0.05) is 29.2 Å². The van der Waals surface area contributed by atoms with Crippen LogP contribution >= 0.6 is 23.4 Å². The highest BCUT2D eigenvalue weighted by molar-refractivity contribution is 7.98. The van der Waals surface area contributed by atoms with E-state index in [0.717, 1.165) is 16.0 Å². The Morgan fingerprint density at radius 2 is 1.81 bits per heavy atom. The standard InChI is InChI=1S/C23H21ClN2O3S2/c1-30-20-8-4-7-19(14-20)25-23(27)17-9-10-21(24)22(13-17)31(28,29)26-12-11-16-5-2-3-6-18(16)15-26/h2-10,13-14H,11-12,15H2,1H3,(H,25,27). The highest BCUT2D eigenvalue weighted by Gasteiger charge is 2.30. The summed E-state index contributed by atoms with van der Waals surface area (Å²) in [5, 5.41) is 2.92. The average Bonchev–Trinajstić information content (AvgIpc) is 2.79. The molecule has 1 heterocycles. The van der Waals surface area contributed by atoms with Crippen molar-refractivity contribution in [3.05, 3.63) is 88.4 Å². The van der Waals surface area contributed by atoms with E-state index < -0.39 is 15.9 Å². The fourth-order valence-corrected chi connectivity index (χ4v) is 5.94. The number of sulfonamides is 1. The second kappa shape index (κ2) is 9.04. The number of carbonyl (C=O) groups is 1. The SMILES string of the molecule is CSc1cccc(NC(=O)c2ccc(Cl)c(S(=O)(=O)N3CCc4ccccc4C3)c2)c1. The van der Waals surface area contributed by atoms with Gasteiger partial charge in [-0.15, -0.1) is 11.8 Å². The molecule has 160 valence electrons. The summed E-state index contributed by atoms with van der Waals surface area (Å²) < 4.78 is 28.1. The average molecular weight is 473 g/mol. The van der Waals surface area contributed by atoms with Crippen molar-refractivity contribution in [2.45, 2.75) is 22.8 Å². The molecule has 31 heavy (non-hydrogen) atoms. The molecule has 8 heteroatoms. The third-order valence-corrected chi connectivity index (χ3v) is 8.29. The maximum absolute atomic E-state index is 13.3. The van der Waals surface area contributed by atoms with Crippen LogP contribution in [0.3, 0.4) is 0 Å². The second-order valence-corrected chi connectivity index (χ2v) is 10.4. The molecule has 0 fully saturated rings. The third kappa shape index (κ3) is 4.65. The summed E-state index contributed by atoms with van der Waals surface area (Å²) in [4.78, 5) is 13.7. The zero-order valence-corrected chi connectivity index (χ0v) is 19.2. The van der Waals surface area contributed by atoms with Crippen LogP contribution in [0.4, 0.5) is 5.69 Å². The van der Waals surface area contributed by atoms with E-state index in [1.54, 1.807) is 17.8 Å². The highest BCUT2D eigenvalue weighted by atomic mass is 35.5. The molecule has 4 rings (SSSR count). The summed E-state index contributed by atoms with van der Waals surface area (Å²) in [6, 6.07) is 19.6. The maximum Gasteiger partial charge on any atom is 0.255 e. The predicted octanol–water partition coefficient (Wildman–Crippen LogP) is 5.06. The molecule has 5 nitrogen and oxygen atoms in total. The van der Waals surface area contributed by atoms with Gasteiger partial charge in [0.05, 0.1) is 5.02 Å². The Morgan fingerprint density at radius 3 is 2.58 bits per heavy atom. The first-order valence-corrected chi connectivity index (χ1v) is 12.7. The van der Waals surface area contributed by atoms with Gasteiger partial charge in [0.1, 0.15) is 4.90 Å². The lowest BCUT2D eigenvalue weighted by atomic mass is 10.0. The lowest BCUT2D eigenvalue weighted by molar-refractivity contribution is 0.102. The minimum atomic E-state index is -3.86. The number of hydrogen-bond donors (Lipinski definition) is 1. The first-order valence-electron chi connectivity index (χ1n) is 9.70. The van der Waals surface area contributed by atoms with Crippen LogP contribution in [0.2, 0.25) is 5.02 Å². The van der Waals surface area contributed by atoms with E-state index in [0.29, 0.717) is 18.7 Å². The van der Waals surface area contributed by atoms with Gasteiger partial charge in [0.15, 0.2) is 0 Å². The van der Waals surface area contributed by atoms with Crippen molar-refractivity contribution >= 4 is 45.0 Å². The minimum Gasteiger partial charge on any atom is -0.322 e. The van der Waals surface area contributed by atoms with Crippen LogP contribution in [0, 0.1) is 0 Å². The summed E-state index contributed by atoms with van der Waals surface area (Å²) in [5.41, 5.74) is 3.01. The molecular weight excluding hydrogens is 452 g/mol. The maximum atomic E-state index is 13.3. The topological polar surface area (TPSA) is 66.5 Å². The van der Waals surface area contributed by atoms with E-state index in [9.17, 15) is 13.2 Å². The number of anilines is 1. The first kappa shape index (κ1) is 21.9. The zero-order valence-electron chi connectivity index (χ0n) is 16.8. The summed E-state index contributed by atoms with van der Waals surface area (Å²) in [5.74, 6) is -0.393. The van der Waals surface area contributed by atoms with Gasteiger partial charge in [0.2, 0.25) is 10.0 Å². The number of amides is 1. The van der Waals surface area contributed by atoms with Gasteiger partial charge >= 0.3 is 0 Å². The number of fused-ring (bicyclic) bond motifs is 1. The van der Waals surface area contributed by atoms with Crippen molar-refractivity contribution < 1.29 is 13.2 Å². The van der Waals surface area contributed by atoms with Crippen molar-refractivity contribution in [3.63, 3.8) is 0 Å². The molecule has 1 amide bonds. The van der Waals surface area contributed by atoms with Crippen LogP contribution in [-0.4, -0.2) is 31.4 Å². The molecule has 3 aromatic rings. The van der Waals surface area contributed by atoms with E-state index in [2.05, 4.69) is 5.32 Å². The molecule has 0 spiro atoms. The fourth-order valence-electron chi connectivity index (χ4n) is 3.56. The molecule has 0 bridgehead atoms. The molecule has 1 aliphatic heterocycles. The van der Waals surface area contributed by atoms with Gasteiger partial charge in [-0.2, -0.15) is 4.31 Å². The Hall–Kier alpha value is -2.32. The van der Waals surface area contributed by atoms with Crippen LogP contribution in [0.25, 0.3) is 0 Å². The number of carbonyl (C=O) groups excluding carboxylic acids is 1. The quantitative estimate of drug-likeness (QED) is 0.527. The van der Waals surface area contributed by atoms with Crippen molar-refractivity contribution in [1.82, 2.24) is 4.31 Å². The van der Waals surface area contributed by atoms with Crippen molar-refractivity contribution in [1.29, 1.82) is 0 Å². The largest absolute Gasteiger partial charge is 0.322 e. The summed E-state index contributed by atoms with van der Waals surface area (Å²) in [6.07, 6.45) is 2.59. The van der Waals surface area contributed by atoms with Crippen LogP contribution in [0.5, 0.6) is 0 Å². The van der Waals surface area contributed by atoms with Gasteiger partial charge in [-0.25, -0.2) is 8.42 Å². The van der Waals surface area contributed by atoms with Crippen LogP contribution < -0.4 is 5.32 Å². The Balaban J connectivity index is 1.60. The monoisotopic (exact) mass is 472 g/mol. The van der Waals surface area contributed by atoms with Crippen molar-refractivity contribution in [2.75, 3.05) is 18.1 Å². The lowest BCUT2D eigenvalue weighted by Gasteiger charge is -2.28. The molecule has 1 N–H and O–H groups in total. The van der Waals surface area contributed by atoms with Gasteiger partial charge in [-0.1, -0.05) is 41.9 Å². The number of thioether (sulfide) groups is 1. The molecule has 0 aliphatic carbocycles. The highest BCUT2D eigenvalue weighted by Crippen LogP contribution is 2.30. The molecular formula is C23H21ClN2O3S2. The summed E-state index contributed by atoms with van der Waals surface area (Å²) in [6.45, 7) is 0.653. The Morgan fingerprint density at radius 1 is 1.03 bits per heavy atom. The van der Waals surface area contributed by atoms with E-state index in [4.69, 9.17) is 11.6 Å². The lowest BCUT2D eigenvalue weighted by Crippen LogP contribution is -2.36. The molecule has 0 saturated heterocycles. The molecule has 0 atom stereocenters. The molecule has 0 saturated carbocycles. The Kier molecular flexibility index (Phi) is 6.39. The van der Waals surface area contributed by atoms with Gasteiger partial charge < -0.3 is 5.32 Å². The number of halogens is 1. The third-order valence-electron chi connectivity index (χ3n) is 5.23. The molecule has 3 aromatic carbocycles. The van der Waals surface area contributed by atoms with Crippen LogP contribution in [0.1, 0.15) is 21.5 Å². The van der Waals surface area contributed by atoms with Gasteiger partial charge in [-0.3, -0.25) is 4.79 Å². The number of nitrogens with zero attached hydrogens (tertiary/aromatic N) is 1. The van der Waals surface area contributed by atoms with E-state index in [1.807, 2.05) is 48.7 Å². The molecule has 1 aliphatic rings. The molecule has 0 unspecified atom stereocenters. The fraction of sp³-hybridized carbons (Fsp3) is 0.174. The number of rotatable bonds is 5. The Bertz CT molecular complexity index is 1250. The summed E-state index contributed by atoms with van der Waals surface area (Å²) in [7, 11) is -3.86. The molecule has 0 radical (unpaired) electrons. The molecule has 0 aromatic heterocycles. The van der Waals surface area contributed by atoms with Crippen molar-refractivity contribution in [3.8, 4) is 0 Å². The normalized spacial score (nSPS) is 14.1. The van der Waals surface area contributed by atoms with Gasteiger partial charge in [-0.05, 0) is 60.2 Å². The van der Waals surface area contributed by atoms with E-state index in [1.165, 1.54) is 22.5 Å². The first-order chi connectivity index (χ1) is 14.9. The second-order valence-electron chi connectivity index (χ2n) is 7.19. The van der Waals surface area contributed by atoms with E-state index in [-0.39, 0.29) is 22.0 Å². The number of nitrogens with one attached hydrogen (secondary N) is 1. The Labute approximate surface area is 191 Å².